The minimum absolute atomic E-state index is 0.0146. The van der Waals surface area contributed by atoms with Crippen LogP contribution in [0.1, 0.15) is 46.3 Å². The summed E-state index contributed by atoms with van der Waals surface area (Å²) in [6, 6.07) is 1.76. The van der Waals surface area contributed by atoms with Gasteiger partial charge in [-0.3, -0.25) is 15.0 Å². The lowest BCUT2D eigenvalue weighted by molar-refractivity contribution is 0.0926. The van der Waals surface area contributed by atoms with Gasteiger partial charge in [0, 0.05) is 5.69 Å². The largest absolute Gasteiger partial charge is 0.342 e. The molecule has 2 heterocycles. The number of aromatic amines is 2. The van der Waals surface area contributed by atoms with Gasteiger partial charge >= 0.3 is 0 Å². The van der Waals surface area contributed by atoms with Crippen molar-refractivity contribution in [1.82, 2.24) is 25.7 Å². The molecule has 0 fully saturated rings. The van der Waals surface area contributed by atoms with Crippen LogP contribution in [0.2, 0.25) is 0 Å². The second kappa shape index (κ2) is 4.29. The summed E-state index contributed by atoms with van der Waals surface area (Å²) in [6.07, 6.45) is 4.87. The number of nitrogens with one attached hydrogen (secondary N) is 3. The Hall–Kier alpha value is -2.11. The van der Waals surface area contributed by atoms with Crippen LogP contribution in [-0.2, 0) is 6.42 Å². The van der Waals surface area contributed by atoms with E-state index in [0.29, 0.717) is 5.69 Å². The summed E-state index contributed by atoms with van der Waals surface area (Å²) < 4.78 is 0. The van der Waals surface area contributed by atoms with Crippen molar-refractivity contribution in [2.45, 2.75) is 32.2 Å². The van der Waals surface area contributed by atoms with Crippen LogP contribution >= 0.6 is 0 Å². The average molecular weight is 245 g/mol. The predicted molar refractivity (Wildman–Crippen MR) is 65.1 cm³/mol. The highest BCUT2D eigenvalue weighted by Gasteiger charge is 2.24. The fourth-order valence-corrected chi connectivity index (χ4v) is 2.37. The van der Waals surface area contributed by atoms with E-state index in [4.69, 9.17) is 0 Å². The van der Waals surface area contributed by atoms with Gasteiger partial charge in [0.1, 0.15) is 5.69 Å². The Labute approximate surface area is 104 Å². The van der Waals surface area contributed by atoms with E-state index in [1.807, 2.05) is 13.1 Å². The molecule has 0 bridgehead atoms. The molecule has 94 valence electrons. The molecule has 18 heavy (non-hydrogen) atoms. The van der Waals surface area contributed by atoms with E-state index < -0.39 is 0 Å². The van der Waals surface area contributed by atoms with E-state index in [0.717, 1.165) is 30.7 Å². The van der Waals surface area contributed by atoms with Gasteiger partial charge < -0.3 is 5.32 Å². The van der Waals surface area contributed by atoms with Gasteiger partial charge in [0.2, 0.25) is 0 Å². The van der Waals surface area contributed by atoms with E-state index >= 15 is 0 Å². The maximum Gasteiger partial charge on any atom is 0.272 e. The monoisotopic (exact) mass is 245 g/mol. The zero-order chi connectivity index (χ0) is 12.5. The highest BCUT2D eigenvalue weighted by atomic mass is 16.2. The van der Waals surface area contributed by atoms with Crippen molar-refractivity contribution in [2.75, 3.05) is 0 Å². The van der Waals surface area contributed by atoms with Crippen LogP contribution in [0.15, 0.2) is 12.3 Å². The van der Waals surface area contributed by atoms with Crippen LogP contribution in [0.4, 0.5) is 0 Å². The summed E-state index contributed by atoms with van der Waals surface area (Å²) in [5, 5.41) is 16.7. The predicted octanol–water partition coefficient (Wildman–Crippen LogP) is 1.25. The zero-order valence-corrected chi connectivity index (χ0v) is 10.2. The molecule has 2 aromatic rings. The van der Waals surface area contributed by atoms with Gasteiger partial charge in [0.15, 0.2) is 0 Å². The van der Waals surface area contributed by atoms with Crippen LogP contribution in [0.25, 0.3) is 0 Å². The first-order chi connectivity index (χ1) is 8.74. The number of aryl methyl sites for hydroxylation is 2. The van der Waals surface area contributed by atoms with Crippen molar-refractivity contribution in [3.8, 4) is 0 Å². The smallest absolute Gasteiger partial charge is 0.272 e. The Balaban J connectivity index is 1.77. The maximum absolute atomic E-state index is 12.0. The molecular formula is C12H15N5O. The third-order valence-corrected chi connectivity index (χ3v) is 3.28. The van der Waals surface area contributed by atoms with E-state index in [-0.39, 0.29) is 11.9 Å². The first-order valence-electron chi connectivity index (χ1n) is 6.09. The van der Waals surface area contributed by atoms with Crippen LogP contribution in [-0.4, -0.2) is 26.3 Å². The highest BCUT2D eigenvalue weighted by molar-refractivity contribution is 5.92. The molecule has 6 heteroatoms. The molecule has 1 amide bonds. The van der Waals surface area contributed by atoms with Gasteiger partial charge in [-0.2, -0.15) is 10.2 Å². The first-order valence-corrected chi connectivity index (χ1v) is 6.09. The molecule has 0 saturated heterocycles. The molecule has 1 aliphatic rings. The summed E-state index contributed by atoms with van der Waals surface area (Å²) >= 11 is 0. The normalized spacial score (nSPS) is 18.4. The van der Waals surface area contributed by atoms with Crippen LogP contribution in [0, 0.1) is 6.92 Å². The van der Waals surface area contributed by atoms with E-state index in [1.165, 1.54) is 5.56 Å². The van der Waals surface area contributed by atoms with Gasteiger partial charge in [0.05, 0.1) is 17.9 Å². The molecule has 1 atom stereocenters. The lowest BCUT2D eigenvalue weighted by Gasteiger charge is -2.22. The third kappa shape index (κ3) is 1.90. The second-order valence-corrected chi connectivity index (χ2v) is 4.66. The molecule has 0 spiro atoms. The molecule has 0 aliphatic heterocycles. The number of fused-ring (bicyclic) bond motifs is 1. The third-order valence-electron chi connectivity index (χ3n) is 3.28. The van der Waals surface area contributed by atoms with Crippen molar-refractivity contribution in [1.29, 1.82) is 0 Å². The summed E-state index contributed by atoms with van der Waals surface area (Å²) in [7, 11) is 0. The minimum atomic E-state index is -0.146. The maximum atomic E-state index is 12.0. The molecule has 0 saturated carbocycles. The van der Waals surface area contributed by atoms with Gasteiger partial charge in [-0.25, -0.2) is 0 Å². The fourth-order valence-electron chi connectivity index (χ4n) is 2.37. The van der Waals surface area contributed by atoms with Gasteiger partial charge in [-0.05, 0) is 37.8 Å². The van der Waals surface area contributed by atoms with E-state index in [9.17, 15) is 4.79 Å². The molecule has 1 aliphatic carbocycles. The lowest BCUT2D eigenvalue weighted by Crippen LogP contribution is -2.31. The number of aromatic nitrogens is 4. The number of hydrogen-bond acceptors (Lipinski definition) is 3. The average Bonchev–Trinajstić information content (AvgIpc) is 2.97. The molecule has 3 N–H and O–H groups in total. The quantitative estimate of drug-likeness (QED) is 0.744. The van der Waals surface area contributed by atoms with Gasteiger partial charge in [-0.1, -0.05) is 0 Å². The van der Waals surface area contributed by atoms with Crippen LogP contribution in [0.5, 0.6) is 0 Å². The molecule has 3 rings (SSSR count). The van der Waals surface area contributed by atoms with E-state index in [1.54, 1.807) is 6.07 Å². The summed E-state index contributed by atoms with van der Waals surface area (Å²) in [4.78, 5) is 12.0. The number of hydrogen-bond donors (Lipinski definition) is 3. The molecule has 6 nitrogen and oxygen atoms in total. The Morgan fingerprint density at radius 3 is 3.17 bits per heavy atom. The fraction of sp³-hybridized carbons (Fsp3) is 0.417. The van der Waals surface area contributed by atoms with Crippen molar-refractivity contribution < 1.29 is 4.79 Å². The number of amides is 1. The van der Waals surface area contributed by atoms with E-state index in [2.05, 4.69) is 25.7 Å². The topological polar surface area (TPSA) is 86.5 Å². The standard InChI is InChI=1S/C12H15N5O/c1-7-5-10(16-15-7)12(18)14-9-4-2-3-8-6-13-17-11(8)9/h5-6,9H,2-4H2,1H3,(H,13,17)(H,14,18)(H,15,16)/t9-/m1/s1. The molecular weight excluding hydrogens is 230 g/mol. The number of carbonyl (C=O) groups is 1. The van der Waals surface area contributed by atoms with Crippen molar-refractivity contribution in [2.24, 2.45) is 0 Å². The van der Waals surface area contributed by atoms with Crippen molar-refractivity contribution >= 4 is 5.91 Å². The Morgan fingerprint density at radius 2 is 2.39 bits per heavy atom. The second-order valence-electron chi connectivity index (χ2n) is 4.66. The summed E-state index contributed by atoms with van der Waals surface area (Å²) in [5.41, 5.74) is 3.54. The number of H-pyrrole nitrogens is 2. The van der Waals surface area contributed by atoms with Crippen LogP contribution < -0.4 is 5.32 Å². The molecule has 0 aromatic carbocycles. The Bertz CT molecular complexity index is 571. The van der Waals surface area contributed by atoms with Gasteiger partial charge in [-0.15, -0.1) is 0 Å². The van der Waals surface area contributed by atoms with Gasteiger partial charge in [0.25, 0.3) is 5.91 Å². The Kier molecular flexibility index (Phi) is 2.62. The SMILES string of the molecule is Cc1cc(C(=O)N[C@@H]2CCCc3cn[nH]c32)n[nH]1. The van der Waals surface area contributed by atoms with Crippen molar-refractivity contribution in [3.05, 3.63) is 34.9 Å². The number of nitrogens with zero attached hydrogens (tertiary/aromatic N) is 2. The first kappa shape index (κ1) is 11.0. The summed E-state index contributed by atoms with van der Waals surface area (Å²) in [6.45, 7) is 1.87. The van der Waals surface area contributed by atoms with Crippen LogP contribution in [0.3, 0.4) is 0 Å². The Morgan fingerprint density at radius 1 is 1.50 bits per heavy atom. The van der Waals surface area contributed by atoms with Crippen molar-refractivity contribution in [3.63, 3.8) is 0 Å². The zero-order valence-electron chi connectivity index (χ0n) is 10.2. The number of rotatable bonds is 2. The lowest BCUT2D eigenvalue weighted by atomic mass is 9.93. The molecule has 2 aromatic heterocycles. The number of carbonyl (C=O) groups excluding carboxylic acids is 1. The summed E-state index contributed by atoms with van der Waals surface area (Å²) in [5.74, 6) is -0.146. The minimum Gasteiger partial charge on any atom is -0.342 e. The highest BCUT2D eigenvalue weighted by Crippen LogP contribution is 2.27. The molecule has 0 radical (unpaired) electrons. The molecule has 0 unspecified atom stereocenters.